The van der Waals surface area contributed by atoms with Gasteiger partial charge in [-0.1, -0.05) is 37.0 Å². The maximum atomic E-state index is 6.15. The van der Waals surface area contributed by atoms with Crippen molar-refractivity contribution >= 4 is 35.0 Å². The van der Waals surface area contributed by atoms with Gasteiger partial charge < -0.3 is 5.32 Å². The van der Waals surface area contributed by atoms with Gasteiger partial charge in [0.2, 0.25) is 0 Å². The summed E-state index contributed by atoms with van der Waals surface area (Å²) in [4.78, 5) is 1.05. The van der Waals surface area contributed by atoms with E-state index in [0.717, 1.165) is 27.9 Å². The fraction of sp³-hybridized carbons (Fsp3) is 0.538. The van der Waals surface area contributed by atoms with Gasteiger partial charge in [-0.3, -0.25) is 0 Å². The lowest BCUT2D eigenvalue weighted by Crippen LogP contribution is -2.34. The van der Waals surface area contributed by atoms with Crippen LogP contribution in [0.4, 0.5) is 0 Å². The predicted octanol–water partition coefficient (Wildman–Crippen LogP) is 4.86. The molecule has 1 rings (SSSR count). The molecule has 0 aliphatic rings. The number of hydrogen-bond acceptors (Lipinski definition) is 2. The van der Waals surface area contributed by atoms with Crippen LogP contribution in [0, 0.1) is 0 Å². The largest absolute Gasteiger partial charge is 0.313 e. The van der Waals surface area contributed by atoms with Crippen LogP contribution in [0.1, 0.15) is 27.2 Å². The van der Waals surface area contributed by atoms with Crippen molar-refractivity contribution in [1.82, 2.24) is 5.32 Å². The summed E-state index contributed by atoms with van der Waals surface area (Å²) in [7, 11) is 0. The van der Waals surface area contributed by atoms with Crippen molar-refractivity contribution in [2.24, 2.45) is 0 Å². The summed E-state index contributed by atoms with van der Waals surface area (Å²) in [5.41, 5.74) is 0. The van der Waals surface area contributed by atoms with Crippen LogP contribution < -0.4 is 5.32 Å². The molecule has 0 aliphatic carbocycles. The second-order valence-corrected chi connectivity index (χ2v) is 6.40. The Morgan fingerprint density at radius 3 is 2.65 bits per heavy atom. The van der Waals surface area contributed by atoms with E-state index in [1.165, 1.54) is 0 Å². The zero-order valence-electron chi connectivity index (χ0n) is 10.5. The van der Waals surface area contributed by atoms with E-state index in [2.05, 4.69) is 26.1 Å². The van der Waals surface area contributed by atoms with Crippen molar-refractivity contribution in [2.45, 2.75) is 43.4 Å². The van der Waals surface area contributed by atoms with Gasteiger partial charge in [-0.05, 0) is 38.1 Å². The van der Waals surface area contributed by atoms with Crippen molar-refractivity contribution in [3.05, 3.63) is 28.2 Å². The summed E-state index contributed by atoms with van der Waals surface area (Å²) in [6, 6.07) is 6.05. The van der Waals surface area contributed by atoms with E-state index in [4.69, 9.17) is 23.2 Å². The highest BCUT2D eigenvalue weighted by molar-refractivity contribution is 8.00. The van der Waals surface area contributed by atoms with Crippen LogP contribution in [0.5, 0.6) is 0 Å². The molecular formula is C13H19Cl2NS. The van der Waals surface area contributed by atoms with Gasteiger partial charge in [-0.15, -0.1) is 11.8 Å². The molecule has 0 spiro atoms. The van der Waals surface area contributed by atoms with Crippen LogP contribution in [-0.2, 0) is 0 Å². The fourth-order valence-electron chi connectivity index (χ4n) is 1.41. The van der Waals surface area contributed by atoms with Crippen LogP contribution >= 0.6 is 35.0 Å². The number of halogens is 2. The molecule has 0 saturated heterocycles. The van der Waals surface area contributed by atoms with Crippen LogP contribution in [0.2, 0.25) is 10.0 Å². The summed E-state index contributed by atoms with van der Waals surface area (Å²) in [5.74, 6) is 0. The average Bonchev–Trinajstić information content (AvgIpc) is 2.30. The fourth-order valence-corrected chi connectivity index (χ4v) is 2.97. The Morgan fingerprint density at radius 1 is 1.29 bits per heavy atom. The standard InChI is InChI=1S/C13H19Cl2NS/c1-4-7-16-9(2)10(3)17-13-8-11(14)5-6-12(13)15/h5-6,8-10,16H,4,7H2,1-3H3. The van der Waals surface area contributed by atoms with E-state index in [1.54, 1.807) is 11.8 Å². The molecule has 0 heterocycles. The molecule has 1 nitrogen and oxygen atoms in total. The maximum absolute atomic E-state index is 6.15. The molecule has 1 aromatic rings. The predicted molar refractivity (Wildman–Crippen MR) is 79.5 cm³/mol. The van der Waals surface area contributed by atoms with Crippen molar-refractivity contribution in [2.75, 3.05) is 6.54 Å². The molecule has 1 aromatic carbocycles. The van der Waals surface area contributed by atoms with Gasteiger partial charge in [-0.25, -0.2) is 0 Å². The van der Waals surface area contributed by atoms with Gasteiger partial charge in [0, 0.05) is 21.2 Å². The van der Waals surface area contributed by atoms with Crippen LogP contribution in [0.15, 0.2) is 23.1 Å². The maximum Gasteiger partial charge on any atom is 0.0543 e. The lowest BCUT2D eigenvalue weighted by atomic mass is 10.2. The molecule has 96 valence electrons. The first-order chi connectivity index (χ1) is 8.04. The van der Waals surface area contributed by atoms with E-state index in [1.807, 2.05) is 18.2 Å². The van der Waals surface area contributed by atoms with Crippen molar-refractivity contribution in [1.29, 1.82) is 0 Å². The quantitative estimate of drug-likeness (QED) is 0.751. The minimum absolute atomic E-state index is 0.454. The van der Waals surface area contributed by atoms with Gasteiger partial charge in [-0.2, -0.15) is 0 Å². The molecular weight excluding hydrogens is 273 g/mol. The highest BCUT2D eigenvalue weighted by Gasteiger charge is 2.14. The molecule has 0 radical (unpaired) electrons. The molecule has 0 bridgehead atoms. The normalized spacial score (nSPS) is 14.6. The minimum Gasteiger partial charge on any atom is -0.313 e. The molecule has 0 aliphatic heterocycles. The topological polar surface area (TPSA) is 12.0 Å². The van der Waals surface area contributed by atoms with Gasteiger partial charge in [0.1, 0.15) is 0 Å². The first kappa shape index (κ1) is 15.2. The van der Waals surface area contributed by atoms with Crippen LogP contribution in [-0.4, -0.2) is 17.8 Å². The van der Waals surface area contributed by atoms with Crippen molar-refractivity contribution < 1.29 is 0 Å². The summed E-state index contributed by atoms with van der Waals surface area (Å²) >= 11 is 13.9. The first-order valence-corrected chi connectivity index (χ1v) is 7.53. The second kappa shape index (κ2) is 7.52. The third-order valence-electron chi connectivity index (χ3n) is 2.63. The molecule has 2 unspecified atom stereocenters. The third kappa shape index (κ3) is 5.09. The Balaban J connectivity index is 2.60. The molecule has 0 saturated carbocycles. The lowest BCUT2D eigenvalue weighted by Gasteiger charge is -2.21. The molecule has 17 heavy (non-hydrogen) atoms. The zero-order valence-corrected chi connectivity index (χ0v) is 12.8. The molecule has 0 amide bonds. The molecule has 0 fully saturated rings. The smallest absolute Gasteiger partial charge is 0.0543 e. The summed E-state index contributed by atoms with van der Waals surface area (Å²) in [6.07, 6.45) is 1.15. The van der Waals surface area contributed by atoms with Crippen molar-refractivity contribution in [3.8, 4) is 0 Å². The Kier molecular flexibility index (Phi) is 6.71. The summed E-state index contributed by atoms with van der Waals surface area (Å²) < 4.78 is 0. The molecule has 2 atom stereocenters. The van der Waals surface area contributed by atoms with Gasteiger partial charge >= 0.3 is 0 Å². The monoisotopic (exact) mass is 291 g/mol. The zero-order chi connectivity index (χ0) is 12.8. The Bertz CT molecular complexity index is 357. The highest BCUT2D eigenvalue weighted by atomic mass is 35.5. The SMILES string of the molecule is CCCNC(C)C(C)Sc1cc(Cl)ccc1Cl. The summed E-state index contributed by atoms with van der Waals surface area (Å²) in [5, 5.41) is 5.45. The minimum atomic E-state index is 0.454. The Hall–Kier alpha value is 0.110. The number of thioether (sulfide) groups is 1. The first-order valence-electron chi connectivity index (χ1n) is 5.89. The van der Waals surface area contributed by atoms with Gasteiger partial charge in [0.25, 0.3) is 0 Å². The summed E-state index contributed by atoms with van der Waals surface area (Å²) in [6.45, 7) is 7.63. The van der Waals surface area contributed by atoms with E-state index in [9.17, 15) is 0 Å². The second-order valence-electron chi connectivity index (χ2n) is 4.14. The average molecular weight is 292 g/mol. The highest BCUT2D eigenvalue weighted by Crippen LogP contribution is 2.33. The van der Waals surface area contributed by atoms with E-state index in [0.29, 0.717) is 11.3 Å². The molecule has 4 heteroatoms. The van der Waals surface area contributed by atoms with E-state index in [-0.39, 0.29) is 0 Å². The van der Waals surface area contributed by atoms with E-state index >= 15 is 0 Å². The Morgan fingerprint density at radius 2 is 2.00 bits per heavy atom. The lowest BCUT2D eigenvalue weighted by molar-refractivity contribution is 0.542. The third-order valence-corrected chi connectivity index (χ3v) is 4.68. The van der Waals surface area contributed by atoms with Crippen LogP contribution in [0.3, 0.4) is 0 Å². The van der Waals surface area contributed by atoms with Gasteiger partial charge in [0.15, 0.2) is 0 Å². The number of hydrogen-bond donors (Lipinski definition) is 1. The molecule has 1 N–H and O–H groups in total. The van der Waals surface area contributed by atoms with Crippen molar-refractivity contribution in [3.63, 3.8) is 0 Å². The number of nitrogens with one attached hydrogen (secondary N) is 1. The van der Waals surface area contributed by atoms with Crippen LogP contribution in [0.25, 0.3) is 0 Å². The Labute approximate surface area is 118 Å². The van der Waals surface area contributed by atoms with E-state index < -0.39 is 0 Å². The van der Waals surface area contributed by atoms with Gasteiger partial charge in [0.05, 0.1) is 5.02 Å². The molecule has 0 aromatic heterocycles. The number of rotatable bonds is 6. The number of benzene rings is 1.